The maximum Gasteiger partial charge on any atom is 0.257 e. The van der Waals surface area contributed by atoms with E-state index >= 15 is 0 Å². The largest absolute Gasteiger partial charge is 0.337 e. The van der Waals surface area contributed by atoms with Crippen LogP contribution in [0, 0.1) is 11.7 Å². The minimum absolute atomic E-state index is 0.0434. The van der Waals surface area contributed by atoms with Crippen LogP contribution >= 0.6 is 0 Å². The van der Waals surface area contributed by atoms with Crippen LogP contribution < -0.4 is 10.6 Å². The van der Waals surface area contributed by atoms with Gasteiger partial charge in [-0.15, -0.1) is 0 Å². The van der Waals surface area contributed by atoms with E-state index in [-0.39, 0.29) is 17.8 Å². The lowest BCUT2D eigenvalue weighted by molar-refractivity contribution is 0.0737. The van der Waals surface area contributed by atoms with Gasteiger partial charge in [-0.2, -0.15) is 0 Å². The first-order valence-corrected chi connectivity index (χ1v) is 8.22. The van der Waals surface area contributed by atoms with Crippen molar-refractivity contribution in [1.82, 2.24) is 15.2 Å². The monoisotopic (exact) mass is 326 g/mol. The number of carbonyl (C=O) groups is 1. The number of halogens is 1. The highest BCUT2D eigenvalue weighted by molar-refractivity contribution is 5.99. The Labute approximate surface area is 139 Å². The molecule has 1 amide bonds. The molecule has 3 heterocycles. The number of amides is 1. The SMILES string of the molecule is O=C(c1cccnc1Nc1ccccc1F)N1CC[C@H]2CNC[C@H]21. The number of hydrogen-bond donors (Lipinski definition) is 2. The first-order chi connectivity index (χ1) is 11.7. The van der Waals surface area contributed by atoms with Gasteiger partial charge in [0.2, 0.25) is 0 Å². The van der Waals surface area contributed by atoms with Gasteiger partial charge in [-0.05, 0) is 36.6 Å². The van der Waals surface area contributed by atoms with E-state index in [1.54, 1.807) is 36.5 Å². The molecule has 0 radical (unpaired) electrons. The molecule has 124 valence electrons. The molecule has 2 fully saturated rings. The number of nitrogens with one attached hydrogen (secondary N) is 2. The number of aromatic nitrogens is 1. The van der Waals surface area contributed by atoms with Gasteiger partial charge in [0.25, 0.3) is 5.91 Å². The van der Waals surface area contributed by atoms with E-state index in [4.69, 9.17) is 0 Å². The first-order valence-electron chi connectivity index (χ1n) is 8.22. The number of rotatable bonds is 3. The second-order valence-corrected chi connectivity index (χ2v) is 6.28. The van der Waals surface area contributed by atoms with Crippen LogP contribution in [0.5, 0.6) is 0 Å². The molecule has 2 atom stereocenters. The summed E-state index contributed by atoms with van der Waals surface area (Å²) >= 11 is 0. The highest BCUT2D eigenvalue weighted by Gasteiger charge is 2.40. The Morgan fingerprint density at radius 1 is 1.25 bits per heavy atom. The fraction of sp³-hybridized carbons (Fsp3) is 0.333. The number of hydrogen-bond acceptors (Lipinski definition) is 4. The molecule has 24 heavy (non-hydrogen) atoms. The van der Waals surface area contributed by atoms with Crippen LogP contribution in [-0.2, 0) is 0 Å². The highest BCUT2D eigenvalue weighted by atomic mass is 19.1. The van der Waals surface area contributed by atoms with Crippen LogP contribution in [0.1, 0.15) is 16.8 Å². The Bertz CT molecular complexity index is 766. The number of anilines is 2. The Balaban J connectivity index is 1.62. The van der Waals surface area contributed by atoms with Crippen molar-refractivity contribution in [3.63, 3.8) is 0 Å². The maximum atomic E-state index is 13.9. The third kappa shape index (κ3) is 2.63. The summed E-state index contributed by atoms with van der Waals surface area (Å²) in [6, 6.07) is 10.1. The molecular formula is C18H19FN4O. The predicted molar refractivity (Wildman–Crippen MR) is 89.7 cm³/mol. The van der Waals surface area contributed by atoms with E-state index in [2.05, 4.69) is 15.6 Å². The summed E-state index contributed by atoms with van der Waals surface area (Å²) in [7, 11) is 0. The number of para-hydroxylation sites is 1. The van der Waals surface area contributed by atoms with Gasteiger partial charge in [0.15, 0.2) is 0 Å². The molecule has 0 bridgehead atoms. The summed E-state index contributed by atoms with van der Waals surface area (Å²) in [5, 5.41) is 6.30. The Morgan fingerprint density at radius 2 is 2.12 bits per heavy atom. The lowest BCUT2D eigenvalue weighted by Crippen LogP contribution is -2.39. The summed E-state index contributed by atoms with van der Waals surface area (Å²) in [6.07, 6.45) is 2.63. The van der Waals surface area contributed by atoms with Gasteiger partial charge in [0, 0.05) is 31.9 Å². The van der Waals surface area contributed by atoms with Crippen LogP contribution in [-0.4, -0.2) is 41.5 Å². The summed E-state index contributed by atoms with van der Waals surface area (Å²) in [4.78, 5) is 19.2. The molecule has 0 unspecified atom stereocenters. The maximum absolute atomic E-state index is 13.9. The molecule has 0 aliphatic carbocycles. The second kappa shape index (κ2) is 6.20. The molecule has 2 N–H and O–H groups in total. The van der Waals surface area contributed by atoms with Crippen molar-refractivity contribution in [2.24, 2.45) is 5.92 Å². The average molecular weight is 326 g/mol. The number of likely N-dealkylation sites (tertiary alicyclic amines) is 1. The van der Waals surface area contributed by atoms with E-state index in [1.165, 1.54) is 6.07 Å². The number of carbonyl (C=O) groups excluding carboxylic acids is 1. The van der Waals surface area contributed by atoms with Crippen molar-refractivity contribution in [3.8, 4) is 0 Å². The molecule has 0 spiro atoms. The molecule has 6 heteroatoms. The van der Waals surface area contributed by atoms with E-state index in [9.17, 15) is 9.18 Å². The van der Waals surface area contributed by atoms with Gasteiger partial charge in [-0.1, -0.05) is 12.1 Å². The van der Waals surface area contributed by atoms with Crippen molar-refractivity contribution < 1.29 is 9.18 Å². The minimum Gasteiger partial charge on any atom is -0.337 e. The quantitative estimate of drug-likeness (QED) is 0.909. The van der Waals surface area contributed by atoms with E-state index in [1.807, 2.05) is 4.90 Å². The normalized spacial score (nSPS) is 22.5. The number of nitrogens with zero attached hydrogens (tertiary/aromatic N) is 2. The highest BCUT2D eigenvalue weighted by Crippen LogP contribution is 2.30. The molecule has 1 aromatic heterocycles. The molecular weight excluding hydrogens is 307 g/mol. The third-order valence-electron chi connectivity index (χ3n) is 4.87. The van der Waals surface area contributed by atoms with E-state index in [0.29, 0.717) is 23.0 Å². The average Bonchev–Trinajstić information content (AvgIpc) is 3.20. The predicted octanol–water partition coefficient (Wildman–Crippen LogP) is 2.40. The topological polar surface area (TPSA) is 57.3 Å². The number of fused-ring (bicyclic) bond motifs is 1. The fourth-order valence-corrected chi connectivity index (χ4v) is 3.62. The zero-order valence-electron chi connectivity index (χ0n) is 13.2. The number of benzene rings is 1. The second-order valence-electron chi connectivity index (χ2n) is 6.28. The lowest BCUT2D eigenvalue weighted by atomic mass is 10.0. The molecule has 4 rings (SSSR count). The smallest absolute Gasteiger partial charge is 0.257 e. The standard InChI is InChI=1S/C18H19FN4O/c19-14-5-1-2-6-15(14)22-17-13(4-3-8-21-17)18(24)23-9-7-12-10-20-11-16(12)23/h1-6,8,12,16,20H,7,9-11H2,(H,21,22)/t12-,16+/m0/s1. The van der Waals surface area contributed by atoms with Crippen molar-refractivity contribution in [2.45, 2.75) is 12.5 Å². The Kier molecular flexibility index (Phi) is 3.90. The van der Waals surface area contributed by atoms with Crippen LogP contribution in [0.2, 0.25) is 0 Å². The minimum atomic E-state index is -0.372. The molecule has 1 aromatic carbocycles. The van der Waals surface area contributed by atoms with E-state index in [0.717, 1.165) is 26.1 Å². The van der Waals surface area contributed by atoms with Crippen LogP contribution in [0.4, 0.5) is 15.9 Å². The van der Waals surface area contributed by atoms with Gasteiger partial charge < -0.3 is 15.5 Å². The van der Waals surface area contributed by atoms with Crippen LogP contribution in [0.3, 0.4) is 0 Å². The zero-order valence-corrected chi connectivity index (χ0v) is 13.2. The molecule has 2 saturated heterocycles. The molecule has 2 aliphatic rings. The fourth-order valence-electron chi connectivity index (χ4n) is 3.62. The van der Waals surface area contributed by atoms with E-state index < -0.39 is 0 Å². The zero-order chi connectivity index (χ0) is 16.5. The van der Waals surface area contributed by atoms with Gasteiger partial charge in [-0.25, -0.2) is 9.37 Å². The third-order valence-corrected chi connectivity index (χ3v) is 4.87. The Hall–Kier alpha value is -2.47. The number of pyridine rings is 1. The molecule has 5 nitrogen and oxygen atoms in total. The Morgan fingerprint density at radius 3 is 3.00 bits per heavy atom. The van der Waals surface area contributed by atoms with Gasteiger partial charge in [0.05, 0.1) is 11.3 Å². The van der Waals surface area contributed by atoms with Crippen molar-refractivity contribution in [1.29, 1.82) is 0 Å². The van der Waals surface area contributed by atoms with Gasteiger partial charge >= 0.3 is 0 Å². The van der Waals surface area contributed by atoms with Gasteiger partial charge in [-0.3, -0.25) is 4.79 Å². The van der Waals surface area contributed by atoms with Crippen molar-refractivity contribution in [2.75, 3.05) is 25.0 Å². The summed E-state index contributed by atoms with van der Waals surface area (Å²) < 4.78 is 13.9. The van der Waals surface area contributed by atoms with Crippen molar-refractivity contribution in [3.05, 3.63) is 54.0 Å². The first kappa shape index (κ1) is 15.1. The van der Waals surface area contributed by atoms with Crippen LogP contribution in [0.25, 0.3) is 0 Å². The van der Waals surface area contributed by atoms with Crippen LogP contribution in [0.15, 0.2) is 42.6 Å². The summed E-state index contributed by atoms with van der Waals surface area (Å²) in [5.41, 5.74) is 0.792. The summed E-state index contributed by atoms with van der Waals surface area (Å²) in [5.74, 6) is 0.511. The van der Waals surface area contributed by atoms with Crippen molar-refractivity contribution >= 4 is 17.4 Å². The lowest BCUT2D eigenvalue weighted by Gasteiger charge is -2.24. The summed E-state index contributed by atoms with van der Waals surface area (Å²) in [6.45, 7) is 2.58. The molecule has 0 saturated carbocycles. The molecule has 2 aromatic rings. The van der Waals surface area contributed by atoms with Gasteiger partial charge in [0.1, 0.15) is 11.6 Å². The molecule has 2 aliphatic heterocycles.